The largest absolute Gasteiger partial charge is 0.480 e. The molecule has 48 heavy (non-hydrogen) atoms. The lowest BCUT2D eigenvalue weighted by atomic mass is 10.2. The normalized spacial score (nSPS) is 14.4. The number of aldehydes is 1. The third-order valence-electron chi connectivity index (χ3n) is 6.40. The molecule has 17 heteroatoms. The molecular weight excluding hydrogens is 630 g/mol. The summed E-state index contributed by atoms with van der Waals surface area (Å²) in [7, 11) is 2.00. The molecule has 0 radical (unpaired) electrons. The van der Waals surface area contributed by atoms with Gasteiger partial charge in [-0.3, -0.25) is 43.6 Å². The predicted octanol–water partition coefficient (Wildman–Crippen LogP) is -1.62. The number of nitrogens with zero attached hydrogens (tertiary/aromatic N) is 4. The summed E-state index contributed by atoms with van der Waals surface area (Å²) in [4.78, 5) is 74.5. The molecule has 284 valence electrons. The molecule has 0 aliphatic carbocycles. The second kappa shape index (κ2) is 40.0. The monoisotopic (exact) mass is 695 g/mol. The maximum absolute atomic E-state index is 12.4. The molecule has 17 nitrogen and oxygen atoms in total. The van der Waals surface area contributed by atoms with Crippen LogP contribution < -0.4 is 16.0 Å². The Labute approximate surface area is 287 Å². The Hall–Kier alpha value is -3.22. The molecule has 1 rings (SSSR count). The van der Waals surface area contributed by atoms with Gasteiger partial charge in [0.2, 0.25) is 18.2 Å². The third-order valence-corrected chi connectivity index (χ3v) is 6.40. The Bertz CT molecular complexity index is 810. The van der Waals surface area contributed by atoms with Gasteiger partial charge in [-0.15, -0.1) is 0 Å². The smallest absolute Gasteiger partial charge is 0.317 e. The van der Waals surface area contributed by atoms with Crippen LogP contribution in [-0.2, 0) is 28.8 Å². The van der Waals surface area contributed by atoms with Crippen molar-refractivity contribution in [2.75, 3.05) is 112 Å². The average molecular weight is 696 g/mol. The van der Waals surface area contributed by atoms with Crippen LogP contribution in [0.15, 0.2) is 0 Å². The Balaban J connectivity index is -0.000000587. The first-order valence-electron chi connectivity index (χ1n) is 16.5. The number of rotatable bonds is 17. The summed E-state index contributed by atoms with van der Waals surface area (Å²) in [6.45, 7) is 12.8. The summed E-state index contributed by atoms with van der Waals surface area (Å²) in [6, 6.07) is 0. The summed E-state index contributed by atoms with van der Waals surface area (Å²) >= 11 is 0. The van der Waals surface area contributed by atoms with E-state index < -0.39 is 11.9 Å². The topological polar surface area (TPSA) is 232 Å². The van der Waals surface area contributed by atoms with E-state index in [1.807, 2.05) is 30.6 Å². The van der Waals surface area contributed by atoms with E-state index >= 15 is 0 Å². The van der Waals surface area contributed by atoms with Gasteiger partial charge in [0.25, 0.3) is 0 Å². The van der Waals surface area contributed by atoms with Gasteiger partial charge in [-0.1, -0.05) is 33.6 Å². The first-order valence-corrected chi connectivity index (χ1v) is 16.5. The fourth-order valence-electron chi connectivity index (χ4n) is 4.12. The number of aliphatic hydroxyl groups excluding tert-OH is 2. The van der Waals surface area contributed by atoms with Crippen molar-refractivity contribution in [1.29, 1.82) is 0 Å². The van der Waals surface area contributed by atoms with Crippen molar-refractivity contribution in [3.63, 3.8) is 0 Å². The third kappa shape index (κ3) is 35.6. The van der Waals surface area contributed by atoms with Crippen LogP contribution in [0.2, 0.25) is 0 Å². The molecule has 0 atom stereocenters. The zero-order chi connectivity index (χ0) is 37.6. The Morgan fingerprint density at radius 2 is 1.06 bits per heavy atom. The van der Waals surface area contributed by atoms with E-state index in [-0.39, 0.29) is 51.0 Å². The van der Waals surface area contributed by atoms with Crippen LogP contribution in [-0.4, -0.2) is 189 Å². The van der Waals surface area contributed by atoms with Crippen molar-refractivity contribution in [1.82, 2.24) is 35.6 Å². The maximum Gasteiger partial charge on any atom is 0.317 e. The lowest BCUT2D eigenvalue weighted by Gasteiger charge is -2.32. The Morgan fingerprint density at radius 3 is 1.44 bits per heavy atom. The van der Waals surface area contributed by atoms with Crippen molar-refractivity contribution in [3.05, 3.63) is 0 Å². The number of aliphatic carboxylic acids is 2. The lowest BCUT2D eigenvalue weighted by Crippen LogP contribution is -2.49. The van der Waals surface area contributed by atoms with E-state index in [0.717, 1.165) is 39.9 Å². The summed E-state index contributed by atoms with van der Waals surface area (Å²) in [5.74, 6) is -2.33. The lowest BCUT2D eigenvalue weighted by molar-refractivity contribution is -0.140. The van der Waals surface area contributed by atoms with Gasteiger partial charge in [0, 0.05) is 92.6 Å². The first-order chi connectivity index (χ1) is 23.1. The Morgan fingerprint density at radius 1 is 0.625 bits per heavy atom. The van der Waals surface area contributed by atoms with Crippen LogP contribution in [0, 0.1) is 0 Å². The van der Waals surface area contributed by atoms with E-state index in [9.17, 15) is 39.0 Å². The highest BCUT2D eigenvalue weighted by Gasteiger charge is 2.20. The number of hydrogen-bond donors (Lipinski definition) is 7. The zero-order valence-electron chi connectivity index (χ0n) is 30.1. The molecule has 0 aromatic heterocycles. The highest BCUT2D eigenvalue weighted by molar-refractivity contribution is 5.80. The average Bonchev–Trinajstić information content (AvgIpc) is 3.07. The van der Waals surface area contributed by atoms with Crippen LogP contribution in [0.1, 0.15) is 53.4 Å². The van der Waals surface area contributed by atoms with E-state index in [2.05, 4.69) is 22.9 Å². The van der Waals surface area contributed by atoms with Gasteiger partial charge >= 0.3 is 11.9 Å². The fraction of sp³-hybridized carbons (Fsp3) is 0.806. The molecule has 7 N–H and O–H groups in total. The second-order valence-electron chi connectivity index (χ2n) is 9.92. The van der Waals surface area contributed by atoms with Crippen molar-refractivity contribution >= 4 is 36.4 Å². The van der Waals surface area contributed by atoms with Crippen LogP contribution >= 0.6 is 0 Å². The summed E-state index contributed by atoms with van der Waals surface area (Å²) in [5.41, 5.74) is 0. The van der Waals surface area contributed by atoms with E-state index in [1.165, 1.54) is 12.8 Å². The van der Waals surface area contributed by atoms with Crippen LogP contribution in [0.3, 0.4) is 0 Å². The molecule has 3 amide bonds. The molecule has 0 saturated carbocycles. The number of amides is 3. The van der Waals surface area contributed by atoms with Gasteiger partial charge in [0.05, 0.1) is 26.2 Å². The molecule has 1 aliphatic heterocycles. The van der Waals surface area contributed by atoms with Crippen molar-refractivity contribution in [3.8, 4) is 0 Å². The SMILES string of the molecule is CC.CCCCCNC=O.CCNC(=O)CCNC(=O)CN1CCN(CC=O)CCN(CC(=O)O)CCN(CC(=O)O)CC1.CO.CO. The number of unbranched alkanes of at least 4 members (excludes halogenated alkanes) is 2. The standard InChI is InChI=1S/C21H38N6O7.C6H13NO.C2H6.2CH4O/c1-2-22-18(29)3-4-23-19(30)15-25-7-5-24(13-14-28)6-8-26(16-20(31)32)11-12-27(10-9-25)17-21(33)34;1-2-3-4-5-7-6-8;3*1-2/h14H,2-13,15-17H2,1H3,(H,22,29)(H,23,30)(H,31,32)(H,33,34);6H,2-5H2,1H3,(H,7,8);1-2H3;2*2H,1H3. The number of carboxylic acid groups (broad SMARTS) is 2. The van der Waals surface area contributed by atoms with Crippen molar-refractivity contribution in [2.45, 2.75) is 53.4 Å². The van der Waals surface area contributed by atoms with Gasteiger partial charge in [-0.2, -0.15) is 0 Å². The molecule has 1 fully saturated rings. The second-order valence-corrected chi connectivity index (χ2v) is 9.92. The molecule has 1 aliphatic rings. The van der Waals surface area contributed by atoms with Gasteiger partial charge in [0.1, 0.15) is 6.29 Å². The van der Waals surface area contributed by atoms with E-state index in [4.69, 9.17) is 10.2 Å². The molecule has 0 unspecified atom stereocenters. The van der Waals surface area contributed by atoms with Gasteiger partial charge in [-0.25, -0.2) is 0 Å². The van der Waals surface area contributed by atoms with Crippen LogP contribution in [0.4, 0.5) is 0 Å². The first kappa shape index (κ1) is 51.6. The number of carbonyl (C=O) groups is 6. The molecule has 1 saturated heterocycles. The molecule has 0 aromatic rings. The molecular formula is C31H65N7O10. The van der Waals surface area contributed by atoms with Gasteiger partial charge in [0.15, 0.2) is 0 Å². The minimum Gasteiger partial charge on any atom is -0.480 e. The minimum atomic E-state index is -0.983. The summed E-state index contributed by atoms with van der Waals surface area (Å²) in [6.07, 6.45) is 5.25. The fourth-order valence-corrected chi connectivity index (χ4v) is 4.12. The number of carboxylic acids is 2. The van der Waals surface area contributed by atoms with Crippen LogP contribution in [0.5, 0.6) is 0 Å². The minimum absolute atomic E-state index is 0.0797. The highest BCUT2D eigenvalue weighted by Crippen LogP contribution is 2.01. The van der Waals surface area contributed by atoms with Gasteiger partial charge in [-0.05, 0) is 13.3 Å². The number of hydrogen-bond acceptors (Lipinski definition) is 12. The summed E-state index contributed by atoms with van der Waals surface area (Å²) < 4.78 is 0. The van der Waals surface area contributed by atoms with E-state index in [1.54, 1.807) is 9.80 Å². The number of aliphatic hydroxyl groups is 2. The maximum atomic E-state index is 12.4. The van der Waals surface area contributed by atoms with E-state index in [0.29, 0.717) is 58.9 Å². The molecule has 0 bridgehead atoms. The van der Waals surface area contributed by atoms with Crippen molar-refractivity contribution < 1.29 is 49.2 Å². The van der Waals surface area contributed by atoms with Crippen molar-refractivity contribution in [2.24, 2.45) is 0 Å². The highest BCUT2D eigenvalue weighted by atomic mass is 16.4. The number of nitrogens with one attached hydrogen (secondary N) is 3. The van der Waals surface area contributed by atoms with Crippen LogP contribution in [0.25, 0.3) is 0 Å². The summed E-state index contributed by atoms with van der Waals surface area (Å²) in [5, 5.41) is 40.4. The molecule has 1 heterocycles. The van der Waals surface area contributed by atoms with Gasteiger partial charge < -0.3 is 41.2 Å². The quantitative estimate of drug-likeness (QED) is 0.0670. The molecule has 0 aromatic carbocycles. The Kier molecular flexibility index (Phi) is 43.0. The number of carbonyl (C=O) groups excluding carboxylic acids is 4. The zero-order valence-corrected chi connectivity index (χ0v) is 30.1. The predicted molar refractivity (Wildman–Crippen MR) is 185 cm³/mol. The molecule has 0 spiro atoms.